The lowest BCUT2D eigenvalue weighted by molar-refractivity contribution is -0.129. The highest BCUT2D eigenvalue weighted by Gasteiger charge is 2.11. The number of aromatic hydroxyl groups is 2. The van der Waals surface area contributed by atoms with Crippen LogP contribution in [0.25, 0.3) is 0 Å². The maximum Gasteiger partial charge on any atom is 0.341 e. The molecular formula is C18H16N2O6. The Kier molecular flexibility index (Phi) is 6.44. The van der Waals surface area contributed by atoms with Gasteiger partial charge in [-0.05, 0) is 47.5 Å². The first-order valence-electron chi connectivity index (χ1n) is 7.40. The van der Waals surface area contributed by atoms with Crippen LogP contribution in [-0.2, 0) is 20.9 Å². The zero-order valence-electron chi connectivity index (χ0n) is 13.8. The van der Waals surface area contributed by atoms with E-state index < -0.39 is 5.97 Å². The van der Waals surface area contributed by atoms with Gasteiger partial charge in [-0.15, -0.1) is 0 Å². The summed E-state index contributed by atoms with van der Waals surface area (Å²) in [6, 6.07) is 9.03. The van der Waals surface area contributed by atoms with Gasteiger partial charge in [0.2, 0.25) is 0 Å². The van der Waals surface area contributed by atoms with E-state index in [1.165, 1.54) is 37.7 Å². The van der Waals surface area contributed by atoms with Gasteiger partial charge in [-0.1, -0.05) is 0 Å². The van der Waals surface area contributed by atoms with E-state index >= 15 is 0 Å². The second kappa shape index (κ2) is 8.97. The Morgan fingerprint density at radius 1 is 1.04 bits per heavy atom. The quantitative estimate of drug-likeness (QED) is 0.339. The molecule has 0 aliphatic rings. The summed E-state index contributed by atoms with van der Waals surface area (Å²) < 4.78 is 9.19. The van der Waals surface area contributed by atoms with Crippen LogP contribution in [0.4, 0.5) is 0 Å². The number of nitrogens with zero attached hydrogens (tertiary/aromatic N) is 2. The molecular weight excluding hydrogens is 340 g/mol. The molecule has 0 aliphatic heterocycles. The predicted molar refractivity (Wildman–Crippen MR) is 93.6 cm³/mol. The van der Waals surface area contributed by atoms with E-state index in [9.17, 15) is 19.8 Å². The first-order valence-corrected chi connectivity index (χ1v) is 7.40. The average molecular weight is 356 g/mol. The fourth-order valence-electron chi connectivity index (χ4n) is 2.03. The first kappa shape index (κ1) is 18.7. The van der Waals surface area contributed by atoms with Crippen molar-refractivity contribution in [3.8, 4) is 11.5 Å². The minimum absolute atomic E-state index is 0.00642. The van der Waals surface area contributed by atoms with Crippen molar-refractivity contribution in [2.45, 2.75) is 6.61 Å². The number of esters is 1. The van der Waals surface area contributed by atoms with E-state index in [0.717, 1.165) is 0 Å². The molecule has 2 aromatic rings. The van der Waals surface area contributed by atoms with Gasteiger partial charge in [0.1, 0.15) is 23.7 Å². The Morgan fingerprint density at radius 3 is 2.27 bits per heavy atom. The van der Waals surface area contributed by atoms with E-state index in [1.807, 2.05) is 0 Å². The lowest BCUT2D eigenvalue weighted by Crippen LogP contribution is -2.02. The van der Waals surface area contributed by atoms with Gasteiger partial charge in [-0.3, -0.25) is 4.79 Å². The number of carbonyl (C=O) groups excluding carboxylic acids is 2. The van der Waals surface area contributed by atoms with Crippen molar-refractivity contribution in [1.29, 1.82) is 0 Å². The average Bonchev–Trinajstić information content (AvgIpc) is 2.65. The highest BCUT2D eigenvalue weighted by Crippen LogP contribution is 2.19. The molecule has 0 spiro atoms. The largest absolute Gasteiger partial charge is 0.508 e. The van der Waals surface area contributed by atoms with E-state index in [-0.39, 0.29) is 23.7 Å². The van der Waals surface area contributed by atoms with Gasteiger partial charge in [0.05, 0.1) is 19.5 Å². The van der Waals surface area contributed by atoms with Gasteiger partial charge in [-0.25, -0.2) is 4.79 Å². The molecule has 0 bridgehead atoms. The first-order chi connectivity index (χ1) is 12.5. The van der Waals surface area contributed by atoms with Gasteiger partial charge < -0.3 is 19.7 Å². The second-order valence-electron chi connectivity index (χ2n) is 5.05. The van der Waals surface area contributed by atoms with Crippen molar-refractivity contribution >= 4 is 24.9 Å². The summed E-state index contributed by atoms with van der Waals surface area (Å²) in [5.41, 5.74) is 1.65. The molecule has 0 radical (unpaired) electrons. The minimum Gasteiger partial charge on any atom is -0.508 e. The monoisotopic (exact) mass is 356 g/mol. The standard InChI is InChI=1S/C18H16N2O6/c1-25-18(24)15-7-13(3-5-17(15)23)9-20-19-8-12-2-4-16(22)14(6-12)10-26-11-21/h2-9,11,22-23H,10H2,1H3. The molecule has 0 atom stereocenters. The Morgan fingerprint density at radius 2 is 1.65 bits per heavy atom. The lowest BCUT2D eigenvalue weighted by atomic mass is 10.1. The van der Waals surface area contributed by atoms with Crippen LogP contribution >= 0.6 is 0 Å². The van der Waals surface area contributed by atoms with Crippen LogP contribution in [0.1, 0.15) is 27.0 Å². The number of rotatable bonds is 7. The van der Waals surface area contributed by atoms with Gasteiger partial charge in [0, 0.05) is 5.56 Å². The van der Waals surface area contributed by atoms with Gasteiger partial charge >= 0.3 is 5.97 Å². The number of hydrogen-bond acceptors (Lipinski definition) is 8. The number of phenols is 2. The van der Waals surface area contributed by atoms with Crippen LogP contribution in [0.15, 0.2) is 46.6 Å². The molecule has 8 nitrogen and oxygen atoms in total. The Hall–Kier alpha value is -3.68. The van der Waals surface area contributed by atoms with Gasteiger partial charge in [0.25, 0.3) is 6.47 Å². The van der Waals surface area contributed by atoms with Crippen LogP contribution in [0, 0.1) is 0 Å². The molecule has 0 fully saturated rings. The number of benzene rings is 2. The van der Waals surface area contributed by atoms with Crippen LogP contribution < -0.4 is 0 Å². The van der Waals surface area contributed by atoms with E-state index in [2.05, 4.69) is 19.7 Å². The van der Waals surface area contributed by atoms with Gasteiger partial charge in [0.15, 0.2) is 0 Å². The molecule has 0 saturated carbocycles. The topological polar surface area (TPSA) is 118 Å². The highest BCUT2D eigenvalue weighted by molar-refractivity contribution is 5.95. The Labute approximate surface area is 149 Å². The number of phenolic OH excluding ortho intramolecular Hbond substituents is 2. The van der Waals surface area contributed by atoms with Crippen LogP contribution in [0.2, 0.25) is 0 Å². The third-order valence-electron chi connectivity index (χ3n) is 3.32. The van der Waals surface area contributed by atoms with Crippen molar-refractivity contribution in [1.82, 2.24) is 0 Å². The molecule has 8 heteroatoms. The Balaban J connectivity index is 2.10. The van der Waals surface area contributed by atoms with E-state index in [1.54, 1.807) is 18.2 Å². The molecule has 134 valence electrons. The zero-order valence-corrected chi connectivity index (χ0v) is 13.8. The molecule has 0 aromatic heterocycles. The molecule has 0 saturated heterocycles. The normalized spacial score (nSPS) is 11.0. The fourth-order valence-corrected chi connectivity index (χ4v) is 2.03. The van der Waals surface area contributed by atoms with E-state index in [4.69, 9.17) is 0 Å². The van der Waals surface area contributed by atoms with Crippen molar-refractivity contribution in [2.75, 3.05) is 7.11 Å². The Bertz CT molecular complexity index is 861. The fraction of sp³-hybridized carbons (Fsp3) is 0.111. The maximum atomic E-state index is 11.5. The summed E-state index contributed by atoms with van der Waals surface area (Å²) in [7, 11) is 1.22. The summed E-state index contributed by atoms with van der Waals surface area (Å²) >= 11 is 0. The summed E-state index contributed by atoms with van der Waals surface area (Å²) in [4.78, 5) is 21.8. The van der Waals surface area contributed by atoms with Crippen molar-refractivity contribution < 1.29 is 29.3 Å². The highest BCUT2D eigenvalue weighted by atomic mass is 16.5. The smallest absolute Gasteiger partial charge is 0.341 e. The van der Waals surface area contributed by atoms with E-state index in [0.29, 0.717) is 23.2 Å². The summed E-state index contributed by atoms with van der Waals surface area (Å²) in [5, 5.41) is 27.1. The molecule has 0 heterocycles. The number of methoxy groups -OCH3 is 1. The predicted octanol–water partition coefficient (Wildman–Crippen LogP) is 2.01. The molecule has 2 rings (SSSR count). The molecule has 2 aromatic carbocycles. The van der Waals surface area contributed by atoms with Crippen LogP contribution in [-0.4, -0.2) is 42.2 Å². The number of hydrogen-bond donors (Lipinski definition) is 2. The summed E-state index contributed by atoms with van der Waals surface area (Å²) in [6.45, 7) is 0.245. The van der Waals surface area contributed by atoms with Crippen molar-refractivity contribution in [3.63, 3.8) is 0 Å². The van der Waals surface area contributed by atoms with Crippen LogP contribution in [0.5, 0.6) is 11.5 Å². The second-order valence-corrected chi connectivity index (χ2v) is 5.05. The summed E-state index contributed by atoms with van der Waals surface area (Å²) in [5.74, 6) is -0.839. The summed E-state index contributed by atoms with van der Waals surface area (Å²) in [6.07, 6.45) is 2.85. The molecule has 0 aliphatic carbocycles. The third kappa shape index (κ3) is 4.91. The number of ether oxygens (including phenoxy) is 2. The minimum atomic E-state index is -0.657. The third-order valence-corrected chi connectivity index (χ3v) is 3.32. The number of carbonyl (C=O) groups is 2. The van der Waals surface area contributed by atoms with Gasteiger partial charge in [-0.2, -0.15) is 10.2 Å². The SMILES string of the molecule is COC(=O)c1cc(C=NN=Cc2ccc(O)c(COC=O)c2)ccc1O. The zero-order chi connectivity index (χ0) is 18.9. The molecule has 0 unspecified atom stereocenters. The van der Waals surface area contributed by atoms with Crippen molar-refractivity contribution in [3.05, 3.63) is 58.7 Å². The molecule has 26 heavy (non-hydrogen) atoms. The molecule has 0 amide bonds. The lowest BCUT2D eigenvalue weighted by Gasteiger charge is -2.03. The maximum absolute atomic E-state index is 11.5. The van der Waals surface area contributed by atoms with Crippen molar-refractivity contribution in [2.24, 2.45) is 10.2 Å². The molecule has 2 N–H and O–H groups in total. The van der Waals surface area contributed by atoms with Crippen LogP contribution in [0.3, 0.4) is 0 Å².